The van der Waals surface area contributed by atoms with Gasteiger partial charge in [0.1, 0.15) is 0 Å². The van der Waals surface area contributed by atoms with E-state index >= 15 is 0 Å². The number of rotatable bonds is 3. The predicted molar refractivity (Wildman–Crippen MR) is 83.7 cm³/mol. The van der Waals surface area contributed by atoms with Crippen LogP contribution in [0.4, 0.5) is 0 Å². The molecule has 0 N–H and O–H groups in total. The zero-order valence-corrected chi connectivity index (χ0v) is 11.6. The summed E-state index contributed by atoms with van der Waals surface area (Å²) in [6.07, 6.45) is 1.09. The third-order valence-corrected chi connectivity index (χ3v) is 3.69. The summed E-state index contributed by atoms with van der Waals surface area (Å²) in [6, 6.07) is 19.7. The molecule has 0 bridgehead atoms. The van der Waals surface area contributed by atoms with Gasteiger partial charge < -0.3 is 4.90 Å². The highest BCUT2D eigenvalue weighted by atomic mass is 15.0. The molecule has 0 fully saturated rings. The minimum atomic E-state index is 1.08. The van der Waals surface area contributed by atoms with Crippen molar-refractivity contribution < 1.29 is 0 Å². The predicted octanol–water partition coefficient (Wildman–Crippen LogP) is 4.10. The van der Waals surface area contributed by atoms with E-state index in [0.29, 0.717) is 0 Å². The Bertz CT molecular complexity index is 659. The Labute approximate surface area is 114 Å². The van der Waals surface area contributed by atoms with Crippen molar-refractivity contribution in [2.24, 2.45) is 0 Å². The van der Waals surface area contributed by atoms with E-state index in [1.807, 2.05) is 0 Å². The first-order chi connectivity index (χ1) is 9.25. The van der Waals surface area contributed by atoms with Crippen LogP contribution in [-0.4, -0.2) is 25.5 Å². The van der Waals surface area contributed by atoms with E-state index < -0.39 is 0 Å². The van der Waals surface area contributed by atoms with E-state index in [9.17, 15) is 0 Å². The second-order valence-corrected chi connectivity index (χ2v) is 5.35. The lowest BCUT2D eigenvalue weighted by Gasteiger charge is -2.14. The van der Waals surface area contributed by atoms with Crippen molar-refractivity contribution in [3.63, 3.8) is 0 Å². The van der Waals surface area contributed by atoms with Gasteiger partial charge in [0.05, 0.1) is 0 Å². The molecule has 0 radical (unpaired) electrons. The van der Waals surface area contributed by atoms with E-state index in [1.54, 1.807) is 0 Å². The van der Waals surface area contributed by atoms with Crippen LogP contribution in [0.2, 0.25) is 0 Å². The van der Waals surface area contributed by atoms with Crippen LogP contribution in [0.15, 0.2) is 54.6 Å². The van der Waals surface area contributed by atoms with Crippen molar-refractivity contribution in [2.45, 2.75) is 6.42 Å². The molecule has 0 amide bonds. The molecule has 0 saturated carbocycles. The summed E-state index contributed by atoms with van der Waals surface area (Å²) in [5.41, 5.74) is 1.47. The molecular weight excluding hydrogens is 230 g/mol. The summed E-state index contributed by atoms with van der Waals surface area (Å²) in [7, 11) is 4.26. The molecule has 96 valence electrons. The molecule has 3 aromatic carbocycles. The van der Waals surface area contributed by atoms with Crippen LogP contribution in [0, 0.1) is 0 Å². The molecule has 3 rings (SSSR count). The third-order valence-electron chi connectivity index (χ3n) is 3.69. The number of nitrogens with zero attached hydrogens (tertiary/aromatic N) is 1. The van der Waals surface area contributed by atoms with Gasteiger partial charge in [0.25, 0.3) is 0 Å². The molecule has 0 spiro atoms. The summed E-state index contributed by atoms with van der Waals surface area (Å²) >= 11 is 0. The van der Waals surface area contributed by atoms with Gasteiger partial charge in [0.2, 0.25) is 0 Å². The van der Waals surface area contributed by atoms with Gasteiger partial charge in [-0.1, -0.05) is 48.5 Å². The van der Waals surface area contributed by atoms with Crippen LogP contribution in [0.1, 0.15) is 5.56 Å². The molecule has 0 unspecified atom stereocenters. The van der Waals surface area contributed by atoms with Crippen molar-refractivity contribution in [2.75, 3.05) is 20.6 Å². The van der Waals surface area contributed by atoms with Gasteiger partial charge >= 0.3 is 0 Å². The van der Waals surface area contributed by atoms with Gasteiger partial charge in [0.15, 0.2) is 0 Å². The first kappa shape index (κ1) is 12.2. The Hall–Kier alpha value is -1.86. The summed E-state index contributed by atoms with van der Waals surface area (Å²) < 4.78 is 0. The topological polar surface area (TPSA) is 3.24 Å². The highest BCUT2D eigenvalue weighted by molar-refractivity contribution is 6.02. The van der Waals surface area contributed by atoms with Crippen LogP contribution < -0.4 is 0 Å². The van der Waals surface area contributed by atoms with E-state index in [1.165, 1.54) is 27.1 Å². The molecule has 3 aromatic rings. The van der Waals surface area contributed by atoms with Gasteiger partial charge in [-0.3, -0.25) is 0 Å². The fourth-order valence-electron chi connectivity index (χ4n) is 2.71. The summed E-state index contributed by atoms with van der Waals surface area (Å²) in [5, 5.41) is 5.47. The molecule has 1 nitrogen and oxygen atoms in total. The lowest BCUT2D eigenvalue weighted by atomic mass is 9.95. The fraction of sp³-hybridized carbons (Fsp3) is 0.222. The monoisotopic (exact) mass is 249 g/mol. The molecule has 0 aliphatic rings. The molecule has 0 saturated heterocycles. The number of fused-ring (bicyclic) bond motifs is 2. The van der Waals surface area contributed by atoms with E-state index in [0.717, 1.165) is 13.0 Å². The summed E-state index contributed by atoms with van der Waals surface area (Å²) in [6.45, 7) is 1.08. The molecule has 0 aliphatic carbocycles. The van der Waals surface area contributed by atoms with Crippen molar-refractivity contribution in [1.82, 2.24) is 4.90 Å². The van der Waals surface area contributed by atoms with Gasteiger partial charge in [-0.15, -0.1) is 0 Å². The summed E-state index contributed by atoms with van der Waals surface area (Å²) in [5.74, 6) is 0. The highest BCUT2D eigenvalue weighted by Gasteiger charge is 2.07. The summed E-state index contributed by atoms with van der Waals surface area (Å²) in [4.78, 5) is 2.25. The van der Waals surface area contributed by atoms with Crippen molar-refractivity contribution >= 4 is 21.5 Å². The number of hydrogen-bond acceptors (Lipinski definition) is 1. The molecule has 0 aromatic heterocycles. The molecule has 1 heteroatoms. The van der Waals surface area contributed by atoms with Crippen molar-refractivity contribution in [3.8, 4) is 0 Å². The van der Waals surface area contributed by atoms with Crippen LogP contribution in [-0.2, 0) is 6.42 Å². The standard InChI is InChI=1S/C18H19N/c1-19(2)12-11-18-16-9-5-3-7-14(16)13-15-8-4-6-10-17(15)18/h3-10,13H,11-12H2,1-2H3. The highest BCUT2D eigenvalue weighted by Crippen LogP contribution is 2.28. The number of benzene rings is 3. The zero-order valence-electron chi connectivity index (χ0n) is 11.6. The third kappa shape index (κ3) is 2.34. The van der Waals surface area contributed by atoms with Gasteiger partial charge in [0, 0.05) is 6.54 Å². The lowest BCUT2D eigenvalue weighted by molar-refractivity contribution is 0.414. The first-order valence-electron chi connectivity index (χ1n) is 6.80. The molecule has 0 atom stereocenters. The largest absolute Gasteiger partial charge is 0.309 e. The smallest absolute Gasteiger partial charge is 0.00162 e. The Morgan fingerprint density at radius 1 is 0.789 bits per heavy atom. The van der Waals surface area contributed by atoms with Crippen LogP contribution in [0.3, 0.4) is 0 Å². The Morgan fingerprint density at radius 3 is 1.84 bits per heavy atom. The van der Waals surface area contributed by atoms with Crippen molar-refractivity contribution in [1.29, 1.82) is 0 Å². The number of likely N-dealkylation sites (N-methyl/N-ethyl adjacent to an activating group) is 1. The lowest BCUT2D eigenvalue weighted by Crippen LogP contribution is -2.15. The van der Waals surface area contributed by atoms with Gasteiger partial charge in [-0.2, -0.15) is 0 Å². The quantitative estimate of drug-likeness (QED) is 0.632. The molecule has 0 heterocycles. The minimum absolute atomic E-state index is 1.08. The van der Waals surface area contributed by atoms with E-state index in [4.69, 9.17) is 0 Å². The van der Waals surface area contributed by atoms with E-state index in [2.05, 4.69) is 73.6 Å². The fourth-order valence-corrected chi connectivity index (χ4v) is 2.71. The average Bonchev–Trinajstić information content (AvgIpc) is 2.43. The molecule has 19 heavy (non-hydrogen) atoms. The Morgan fingerprint density at radius 2 is 1.32 bits per heavy atom. The van der Waals surface area contributed by atoms with Crippen LogP contribution in [0.5, 0.6) is 0 Å². The maximum absolute atomic E-state index is 2.30. The molecule has 0 aliphatic heterocycles. The second kappa shape index (κ2) is 5.02. The van der Waals surface area contributed by atoms with Crippen molar-refractivity contribution in [3.05, 3.63) is 60.2 Å². The maximum Gasteiger partial charge on any atom is 0.00162 e. The van der Waals surface area contributed by atoms with Crippen LogP contribution in [0.25, 0.3) is 21.5 Å². The SMILES string of the molecule is CN(C)CCc1c2ccccc2cc2ccccc12. The number of hydrogen-bond donors (Lipinski definition) is 0. The van der Waals surface area contributed by atoms with Crippen LogP contribution >= 0.6 is 0 Å². The zero-order chi connectivity index (χ0) is 13.2. The van der Waals surface area contributed by atoms with E-state index in [-0.39, 0.29) is 0 Å². The van der Waals surface area contributed by atoms with Gasteiger partial charge in [-0.05, 0) is 53.7 Å². The first-order valence-corrected chi connectivity index (χ1v) is 6.80. The molecular formula is C18H19N. The normalized spacial score (nSPS) is 11.5. The Kier molecular flexibility index (Phi) is 3.22. The average molecular weight is 249 g/mol. The van der Waals surface area contributed by atoms with Gasteiger partial charge in [-0.25, -0.2) is 0 Å². The minimum Gasteiger partial charge on any atom is -0.309 e. The Balaban J connectivity index is 2.26. The maximum atomic E-state index is 2.30. The second-order valence-electron chi connectivity index (χ2n) is 5.35.